The highest BCUT2D eigenvalue weighted by atomic mass is 79.9. The minimum atomic E-state index is -4.87. The molecular weight excluding hydrogens is 638 g/mol. The van der Waals surface area contributed by atoms with Gasteiger partial charge in [-0.15, -0.1) is 13.2 Å². The van der Waals surface area contributed by atoms with E-state index in [4.69, 9.17) is 0 Å². The van der Waals surface area contributed by atoms with Gasteiger partial charge in [0, 0.05) is 17.1 Å². The molecule has 0 aliphatic heterocycles. The highest BCUT2D eigenvalue weighted by Gasteiger charge is 2.33. The Morgan fingerprint density at radius 3 is 2.33 bits per heavy atom. The van der Waals surface area contributed by atoms with Gasteiger partial charge in [0.1, 0.15) is 5.75 Å². The summed E-state index contributed by atoms with van der Waals surface area (Å²) in [6.07, 6.45) is -9.51. The van der Waals surface area contributed by atoms with Gasteiger partial charge < -0.3 is 13.9 Å². The van der Waals surface area contributed by atoms with Gasteiger partial charge in [-0.3, -0.25) is 10.1 Å². The number of aromatic nitrogens is 6. The molecule has 0 unspecified atom stereocenters. The van der Waals surface area contributed by atoms with E-state index in [9.17, 15) is 31.1 Å². The van der Waals surface area contributed by atoms with Crippen molar-refractivity contribution in [3.05, 3.63) is 87.4 Å². The summed E-state index contributed by atoms with van der Waals surface area (Å²) in [6.45, 7) is 0.0348. The molecule has 0 aliphatic rings. The number of nitrogens with zero attached hydrogens (tertiary/aromatic N) is 6. The van der Waals surface area contributed by atoms with E-state index in [1.807, 2.05) is 0 Å². The standard InChI is InChI=1S/C25H17BrF6N8O2/c1-39-20-18(26)10-15(24(27,28)29)11-19(20)40(23(39)33-16-6-8-17(9-7-16)42-25(30,31)32)12-13-2-4-14(5-3-13)21(41)34-22-35-37-38-36-22/h2-11H,12H2,1H3,(H2,34,35,36,37,38,41). The maximum Gasteiger partial charge on any atom is 0.573 e. The molecule has 218 valence electrons. The van der Waals surface area contributed by atoms with Crippen LogP contribution in [0.15, 0.2) is 70.1 Å². The molecule has 1 amide bonds. The first-order valence-corrected chi connectivity index (χ1v) is 12.6. The summed E-state index contributed by atoms with van der Waals surface area (Å²) in [5.74, 6) is -0.899. The van der Waals surface area contributed by atoms with Crippen LogP contribution in [0.25, 0.3) is 11.0 Å². The Hall–Kier alpha value is -4.67. The van der Waals surface area contributed by atoms with Crippen LogP contribution in [-0.4, -0.2) is 42.0 Å². The Morgan fingerprint density at radius 1 is 1.05 bits per heavy atom. The molecule has 0 bridgehead atoms. The third kappa shape index (κ3) is 6.29. The number of halogens is 7. The Labute approximate surface area is 239 Å². The second kappa shape index (κ2) is 11.0. The normalized spacial score (nSPS) is 12.6. The maximum atomic E-state index is 13.7. The van der Waals surface area contributed by atoms with Crippen molar-refractivity contribution >= 4 is 44.5 Å². The Balaban J connectivity index is 1.58. The lowest BCUT2D eigenvalue weighted by Crippen LogP contribution is -2.24. The van der Waals surface area contributed by atoms with E-state index in [0.29, 0.717) is 11.1 Å². The van der Waals surface area contributed by atoms with Crippen LogP contribution in [0.2, 0.25) is 0 Å². The van der Waals surface area contributed by atoms with E-state index in [0.717, 1.165) is 24.3 Å². The number of aromatic amines is 1. The van der Waals surface area contributed by atoms with E-state index in [1.54, 1.807) is 23.7 Å². The highest BCUT2D eigenvalue weighted by Crippen LogP contribution is 2.35. The van der Waals surface area contributed by atoms with E-state index in [-0.39, 0.29) is 39.4 Å². The Bertz CT molecular complexity index is 1810. The second-order valence-electron chi connectivity index (χ2n) is 8.82. The van der Waals surface area contributed by atoms with Gasteiger partial charge >= 0.3 is 12.5 Å². The first kappa shape index (κ1) is 28.8. The van der Waals surface area contributed by atoms with Crippen LogP contribution in [0, 0.1) is 0 Å². The number of nitrogens with one attached hydrogen (secondary N) is 2. The summed E-state index contributed by atoms with van der Waals surface area (Å²) < 4.78 is 86.0. The summed E-state index contributed by atoms with van der Waals surface area (Å²) in [5, 5.41) is 15.2. The van der Waals surface area contributed by atoms with E-state index >= 15 is 0 Å². The topological polar surface area (TPSA) is 115 Å². The molecule has 2 heterocycles. The minimum Gasteiger partial charge on any atom is -0.406 e. The van der Waals surface area contributed by atoms with Crippen LogP contribution in [0.1, 0.15) is 21.5 Å². The molecule has 5 aromatic rings. The van der Waals surface area contributed by atoms with Gasteiger partial charge in [-0.05, 0) is 80.5 Å². The number of ether oxygens (including phenoxy) is 1. The number of fused-ring (bicyclic) bond motifs is 1. The van der Waals surface area contributed by atoms with Gasteiger partial charge in [0.2, 0.25) is 11.6 Å². The molecule has 3 aromatic carbocycles. The SMILES string of the molecule is Cn1c(=Nc2ccc(OC(F)(F)F)cc2)n(Cc2ccc(C(=O)Nc3nnn[nH]3)cc2)c2cc(C(F)(F)F)cc(Br)c21. The fourth-order valence-electron chi connectivity index (χ4n) is 4.14. The van der Waals surface area contributed by atoms with Crippen molar-refractivity contribution in [2.75, 3.05) is 5.32 Å². The summed E-state index contributed by atoms with van der Waals surface area (Å²) in [4.78, 5) is 17.0. The zero-order valence-corrected chi connectivity index (χ0v) is 22.7. The van der Waals surface area contributed by atoms with Gasteiger partial charge in [0.05, 0.1) is 28.8 Å². The van der Waals surface area contributed by atoms with Crippen LogP contribution >= 0.6 is 15.9 Å². The third-order valence-electron chi connectivity index (χ3n) is 5.97. The molecule has 0 saturated heterocycles. The van der Waals surface area contributed by atoms with Gasteiger partial charge in [0.15, 0.2) is 0 Å². The predicted molar refractivity (Wildman–Crippen MR) is 140 cm³/mol. The van der Waals surface area contributed by atoms with Gasteiger partial charge in [0.25, 0.3) is 5.91 Å². The number of alkyl halides is 6. The molecule has 0 spiro atoms. The lowest BCUT2D eigenvalue weighted by Gasteiger charge is -2.10. The summed E-state index contributed by atoms with van der Waals surface area (Å²) >= 11 is 3.24. The third-order valence-corrected chi connectivity index (χ3v) is 6.58. The zero-order valence-electron chi connectivity index (χ0n) is 21.1. The van der Waals surface area contributed by atoms with Crippen molar-refractivity contribution in [3.8, 4) is 5.75 Å². The maximum absolute atomic E-state index is 13.7. The number of benzene rings is 3. The minimum absolute atomic E-state index is 0.0348. The summed E-state index contributed by atoms with van der Waals surface area (Å²) in [7, 11) is 1.60. The number of H-pyrrole nitrogens is 1. The zero-order chi connectivity index (χ0) is 30.2. The van der Waals surface area contributed by atoms with E-state index < -0.39 is 29.8 Å². The molecule has 17 heteroatoms. The number of carbonyl (C=O) groups excluding carboxylic acids is 1. The molecule has 2 N–H and O–H groups in total. The average molecular weight is 655 g/mol. The number of imidazole rings is 1. The first-order chi connectivity index (χ1) is 19.8. The largest absolute Gasteiger partial charge is 0.573 e. The Kier molecular flexibility index (Phi) is 7.53. The van der Waals surface area contributed by atoms with Crippen molar-refractivity contribution in [1.82, 2.24) is 29.8 Å². The number of hydrogen-bond acceptors (Lipinski definition) is 6. The van der Waals surface area contributed by atoms with Crippen LogP contribution in [-0.2, 0) is 19.8 Å². The van der Waals surface area contributed by atoms with Crippen molar-refractivity contribution in [2.24, 2.45) is 12.0 Å². The molecule has 0 radical (unpaired) electrons. The second-order valence-corrected chi connectivity index (χ2v) is 9.68. The molecule has 10 nitrogen and oxygen atoms in total. The van der Waals surface area contributed by atoms with Crippen molar-refractivity contribution in [3.63, 3.8) is 0 Å². The molecule has 0 aliphatic carbocycles. The van der Waals surface area contributed by atoms with Crippen molar-refractivity contribution in [2.45, 2.75) is 19.1 Å². The fraction of sp³-hybridized carbons (Fsp3) is 0.160. The lowest BCUT2D eigenvalue weighted by molar-refractivity contribution is -0.274. The van der Waals surface area contributed by atoms with Gasteiger partial charge in [-0.25, -0.2) is 10.1 Å². The number of anilines is 1. The smallest absolute Gasteiger partial charge is 0.406 e. The van der Waals surface area contributed by atoms with Crippen LogP contribution in [0.4, 0.5) is 38.0 Å². The van der Waals surface area contributed by atoms with Gasteiger partial charge in [-0.2, -0.15) is 13.2 Å². The molecule has 0 saturated carbocycles. The number of amides is 1. The number of hydrogen-bond donors (Lipinski definition) is 2. The average Bonchev–Trinajstić information content (AvgIpc) is 3.51. The summed E-state index contributed by atoms with van der Waals surface area (Å²) in [5.41, 5.74) is 1.01. The lowest BCUT2D eigenvalue weighted by atomic mass is 10.1. The quantitative estimate of drug-likeness (QED) is 0.228. The molecule has 5 rings (SSSR count). The first-order valence-electron chi connectivity index (χ1n) is 11.8. The summed E-state index contributed by atoms with van der Waals surface area (Å²) in [6, 6.07) is 13.0. The number of tetrazole rings is 1. The number of aryl methyl sites for hydroxylation is 1. The van der Waals surface area contributed by atoms with Crippen molar-refractivity contribution < 1.29 is 35.9 Å². The number of carbonyl (C=O) groups is 1. The van der Waals surface area contributed by atoms with Crippen LogP contribution < -0.4 is 15.7 Å². The molecule has 0 fully saturated rings. The van der Waals surface area contributed by atoms with E-state index in [1.165, 1.54) is 28.8 Å². The molecule has 2 aromatic heterocycles. The highest BCUT2D eigenvalue weighted by molar-refractivity contribution is 9.10. The van der Waals surface area contributed by atoms with E-state index in [2.05, 4.69) is 51.6 Å². The van der Waals surface area contributed by atoms with Crippen LogP contribution in [0.3, 0.4) is 0 Å². The van der Waals surface area contributed by atoms with Crippen molar-refractivity contribution in [1.29, 1.82) is 0 Å². The fourth-order valence-corrected chi connectivity index (χ4v) is 4.86. The predicted octanol–water partition coefficient (Wildman–Crippen LogP) is 5.71. The molecule has 0 atom stereocenters. The number of rotatable bonds is 6. The molecular formula is C25H17BrF6N8O2. The monoisotopic (exact) mass is 654 g/mol. The Morgan fingerprint density at radius 2 is 1.74 bits per heavy atom. The van der Waals surface area contributed by atoms with Gasteiger partial charge in [-0.1, -0.05) is 17.2 Å². The van der Waals surface area contributed by atoms with Crippen LogP contribution in [0.5, 0.6) is 5.75 Å². The molecule has 42 heavy (non-hydrogen) atoms.